The summed E-state index contributed by atoms with van der Waals surface area (Å²) in [5.41, 5.74) is 0.987. The van der Waals surface area contributed by atoms with Gasteiger partial charge in [0.25, 0.3) is 0 Å². The van der Waals surface area contributed by atoms with Crippen LogP contribution in [0.15, 0.2) is 18.2 Å². The van der Waals surface area contributed by atoms with Crippen LogP contribution in [0.1, 0.15) is 25.3 Å². The molecule has 1 heterocycles. The van der Waals surface area contributed by atoms with E-state index in [2.05, 4.69) is 0 Å². The second-order valence-electron chi connectivity index (χ2n) is 4.93. The first-order valence-electron chi connectivity index (χ1n) is 6.79. The van der Waals surface area contributed by atoms with Crippen LogP contribution in [0.4, 0.5) is 0 Å². The van der Waals surface area contributed by atoms with Gasteiger partial charge < -0.3 is 19.3 Å². The minimum atomic E-state index is -0.399. The molecule has 0 radical (unpaired) electrons. The fourth-order valence-corrected chi connectivity index (χ4v) is 2.30. The molecule has 0 aromatic heterocycles. The average Bonchev–Trinajstić information content (AvgIpc) is 2.41. The van der Waals surface area contributed by atoms with E-state index >= 15 is 0 Å². The van der Waals surface area contributed by atoms with Crippen molar-refractivity contribution in [1.29, 1.82) is 0 Å². The standard InChI is InChI=1S/C15H22O4/c1-11(16)10-12-4-3-5-14(17-2)15(12)19-13-6-8-18-9-7-13/h3-5,11,13,16H,6-10H2,1-2H3. The van der Waals surface area contributed by atoms with Crippen molar-refractivity contribution in [3.63, 3.8) is 0 Å². The molecule has 1 aliphatic heterocycles. The Morgan fingerprint density at radius 1 is 1.37 bits per heavy atom. The van der Waals surface area contributed by atoms with Gasteiger partial charge in [0.05, 0.1) is 26.4 Å². The van der Waals surface area contributed by atoms with Gasteiger partial charge >= 0.3 is 0 Å². The summed E-state index contributed by atoms with van der Waals surface area (Å²) in [6.45, 7) is 3.26. The van der Waals surface area contributed by atoms with Crippen molar-refractivity contribution < 1.29 is 19.3 Å². The summed E-state index contributed by atoms with van der Waals surface area (Å²) >= 11 is 0. The van der Waals surface area contributed by atoms with Crippen molar-refractivity contribution in [1.82, 2.24) is 0 Å². The van der Waals surface area contributed by atoms with Crippen LogP contribution in [0.5, 0.6) is 11.5 Å². The van der Waals surface area contributed by atoms with Gasteiger partial charge in [-0.25, -0.2) is 0 Å². The molecule has 1 aliphatic rings. The number of methoxy groups -OCH3 is 1. The minimum Gasteiger partial charge on any atom is -0.493 e. The Hall–Kier alpha value is -1.26. The molecule has 1 atom stereocenters. The number of aliphatic hydroxyl groups is 1. The molecule has 1 aromatic rings. The molecule has 1 N–H and O–H groups in total. The lowest BCUT2D eigenvalue weighted by Gasteiger charge is -2.25. The van der Waals surface area contributed by atoms with E-state index in [1.807, 2.05) is 18.2 Å². The van der Waals surface area contributed by atoms with Gasteiger partial charge in [-0.15, -0.1) is 0 Å². The predicted molar refractivity (Wildman–Crippen MR) is 72.8 cm³/mol. The van der Waals surface area contributed by atoms with Crippen LogP contribution >= 0.6 is 0 Å². The van der Waals surface area contributed by atoms with E-state index in [1.54, 1.807) is 14.0 Å². The van der Waals surface area contributed by atoms with Crippen LogP contribution in [0.25, 0.3) is 0 Å². The van der Waals surface area contributed by atoms with Gasteiger partial charge in [0, 0.05) is 24.8 Å². The monoisotopic (exact) mass is 266 g/mol. The Balaban J connectivity index is 2.18. The topological polar surface area (TPSA) is 47.9 Å². The maximum atomic E-state index is 9.58. The molecule has 0 bridgehead atoms. The molecular formula is C15H22O4. The SMILES string of the molecule is COc1cccc(CC(C)O)c1OC1CCOCC1. The van der Waals surface area contributed by atoms with Crippen LogP contribution in [-0.2, 0) is 11.2 Å². The molecule has 0 aliphatic carbocycles. The van der Waals surface area contributed by atoms with E-state index < -0.39 is 6.10 Å². The van der Waals surface area contributed by atoms with Gasteiger partial charge in [-0.1, -0.05) is 12.1 Å². The smallest absolute Gasteiger partial charge is 0.164 e. The molecule has 1 aromatic carbocycles. The van der Waals surface area contributed by atoms with Crippen LogP contribution in [0, 0.1) is 0 Å². The van der Waals surface area contributed by atoms with Crippen molar-refractivity contribution in [3.8, 4) is 11.5 Å². The molecular weight excluding hydrogens is 244 g/mol. The molecule has 4 nitrogen and oxygen atoms in total. The Bertz CT molecular complexity index is 397. The molecule has 2 rings (SSSR count). The van der Waals surface area contributed by atoms with Crippen molar-refractivity contribution >= 4 is 0 Å². The number of benzene rings is 1. The molecule has 106 valence electrons. The van der Waals surface area contributed by atoms with E-state index in [1.165, 1.54) is 0 Å². The van der Waals surface area contributed by atoms with Crippen LogP contribution < -0.4 is 9.47 Å². The zero-order valence-electron chi connectivity index (χ0n) is 11.6. The highest BCUT2D eigenvalue weighted by atomic mass is 16.5. The molecule has 0 saturated carbocycles. The maximum Gasteiger partial charge on any atom is 0.164 e. The van der Waals surface area contributed by atoms with Crippen molar-refractivity contribution in [2.24, 2.45) is 0 Å². The lowest BCUT2D eigenvalue weighted by Crippen LogP contribution is -2.26. The normalized spacial score (nSPS) is 18.1. The fraction of sp³-hybridized carbons (Fsp3) is 0.600. The van der Waals surface area contributed by atoms with E-state index in [0.29, 0.717) is 6.42 Å². The summed E-state index contributed by atoms with van der Waals surface area (Å²) in [7, 11) is 1.64. The van der Waals surface area contributed by atoms with Crippen molar-refractivity contribution in [3.05, 3.63) is 23.8 Å². The fourth-order valence-electron chi connectivity index (χ4n) is 2.30. The van der Waals surface area contributed by atoms with Crippen LogP contribution in [0.2, 0.25) is 0 Å². The third-order valence-corrected chi connectivity index (χ3v) is 3.25. The summed E-state index contributed by atoms with van der Waals surface area (Å²) in [6, 6.07) is 5.79. The largest absolute Gasteiger partial charge is 0.493 e. The number of para-hydroxylation sites is 1. The van der Waals surface area contributed by atoms with Gasteiger partial charge in [-0.05, 0) is 13.0 Å². The molecule has 0 spiro atoms. The Kier molecular flexibility index (Phi) is 5.05. The maximum absolute atomic E-state index is 9.58. The number of aliphatic hydroxyl groups excluding tert-OH is 1. The van der Waals surface area contributed by atoms with Crippen molar-refractivity contribution in [2.45, 2.75) is 38.4 Å². The number of hydrogen-bond donors (Lipinski definition) is 1. The van der Waals surface area contributed by atoms with Gasteiger partial charge in [0.1, 0.15) is 6.10 Å². The van der Waals surface area contributed by atoms with Gasteiger partial charge in [0.2, 0.25) is 0 Å². The van der Waals surface area contributed by atoms with E-state index in [0.717, 1.165) is 43.1 Å². The average molecular weight is 266 g/mol. The quantitative estimate of drug-likeness (QED) is 0.887. The highest BCUT2D eigenvalue weighted by Crippen LogP contribution is 2.34. The molecule has 1 saturated heterocycles. The summed E-state index contributed by atoms with van der Waals surface area (Å²) in [6.07, 6.45) is 2.12. The first-order chi connectivity index (χ1) is 9.20. The van der Waals surface area contributed by atoms with E-state index in [4.69, 9.17) is 14.2 Å². The second kappa shape index (κ2) is 6.78. The first-order valence-corrected chi connectivity index (χ1v) is 6.79. The summed E-state index contributed by atoms with van der Waals surface area (Å²) in [5, 5.41) is 9.58. The lowest BCUT2D eigenvalue weighted by atomic mass is 10.1. The highest BCUT2D eigenvalue weighted by Gasteiger charge is 2.20. The zero-order chi connectivity index (χ0) is 13.7. The first kappa shape index (κ1) is 14.2. The van der Waals surface area contributed by atoms with Gasteiger partial charge in [-0.2, -0.15) is 0 Å². The van der Waals surface area contributed by atoms with Gasteiger partial charge in [0.15, 0.2) is 11.5 Å². The van der Waals surface area contributed by atoms with Gasteiger partial charge in [-0.3, -0.25) is 0 Å². The summed E-state index contributed by atoms with van der Waals surface area (Å²) < 4.78 is 16.8. The van der Waals surface area contributed by atoms with Crippen LogP contribution in [0.3, 0.4) is 0 Å². The highest BCUT2D eigenvalue weighted by molar-refractivity contribution is 5.47. The second-order valence-corrected chi connectivity index (χ2v) is 4.93. The number of hydrogen-bond acceptors (Lipinski definition) is 4. The summed E-state index contributed by atoms with van der Waals surface area (Å²) in [4.78, 5) is 0. The predicted octanol–water partition coefficient (Wildman–Crippen LogP) is 2.18. The zero-order valence-corrected chi connectivity index (χ0v) is 11.6. The lowest BCUT2D eigenvalue weighted by molar-refractivity contribution is 0.0239. The third-order valence-electron chi connectivity index (χ3n) is 3.25. The third kappa shape index (κ3) is 3.85. The molecule has 1 unspecified atom stereocenters. The Morgan fingerprint density at radius 2 is 2.11 bits per heavy atom. The number of rotatable bonds is 5. The Morgan fingerprint density at radius 3 is 2.74 bits per heavy atom. The van der Waals surface area contributed by atoms with Crippen LogP contribution in [-0.4, -0.2) is 37.6 Å². The Labute approximate surface area is 114 Å². The van der Waals surface area contributed by atoms with E-state index in [-0.39, 0.29) is 6.10 Å². The number of ether oxygens (including phenoxy) is 3. The molecule has 4 heteroatoms. The summed E-state index contributed by atoms with van der Waals surface area (Å²) in [5.74, 6) is 1.49. The minimum absolute atomic E-state index is 0.165. The molecule has 19 heavy (non-hydrogen) atoms. The molecule has 0 amide bonds. The van der Waals surface area contributed by atoms with E-state index in [9.17, 15) is 5.11 Å². The molecule has 1 fully saturated rings. The van der Waals surface area contributed by atoms with Crippen molar-refractivity contribution in [2.75, 3.05) is 20.3 Å².